The van der Waals surface area contributed by atoms with E-state index in [-0.39, 0.29) is 12.1 Å². The van der Waals surface area contributed by atoms with E-state index in [0.29, 0.717) is 0 Å². The predicted octanol–water partition coefficient (Wildman–Crippen LogP) is 1.71. The quantitative estimate of drug-likeness (QED) is 0.763. The average Bonchev–Trinajstić information content (AvgIpc) is 2.56. The first kappa shape index (κ1) is 9.82. The molecule has 0 spiro atoms. The summed E-state index contributed by atoms with van der Waals surface area (Å²) in [5, 5.41) is 11.7. The Morgan fingerprint density at radius 1 is 1.62 bits per heavy atom. The first-order valence-electron chi connectivity index (χ1n) is 4.40. The van der Waals surface area contributed by atoms with Gasteiger partial charge in [0.2, 0.25) is 0 Å². The number of nitrogens with one attached hydrogen (secondary N) is 1. The van der Waals surface area contributed by atoms with Crippen molar-refractivity contribution in [3.63, 3.8) is 0 Å². The van der Waals surface area contributed by atoms with Crippen LogP contribution in [0.1, 0.15) is 19.6 Å². The van der Waals surface area contributed by atoms with Crippen molar-refractivity contribution in [3.8, 4) is 6.07 Å². The minimum absolute atomic E-state index is 0.107. The Bertz CT molecular complexity index is 274. The molecule has 13 heavy (non-hydrogen) atoms. The molecular weight excluding hydrogens is 164 g/mol. The zero-order valence-corrected chi connectivity index (χ0v) is 7.95. The van der Waals surface area contributed by atoms with Crippen molar-refractivity contribution >= 4 is 0 Å². The maximum absolute atomic E-state index is 8.57. The number of nitrogens with zero attached hydrogens (tertiary/aromatic N) is 1. The molecule has 1 aromatic heterocycles. The maximum atomic E-state index is 8.57. The summed E-state index contributed by atoms with van der Waals surface area (Å²) in [6, 6.07) is 6.10. The Morgan fingerprint density at radius 3 is 2.92 bits per heavy atom. The zero-order chi connectivity index (χ0) is 9.68. The standard InChI is InChI=1S/C10H14N2O/c1-8(12-9(2)7-11)6-10-4-3-5-13-10/h3-5,8-9,12H,6H2,1-2H3. The first-order valence-corrected chi connectivity index (χ1v) is 4.40. The Kier molecular flexibility index (Phi) is 3.53. The van der Waals surface area contributed by atoms with Gasteiger partial charge in [0.05, 0.1) is 18.4 Å². The van der Waals surface area contributed by atoms with E-state index in [1.54, 1.807) is 6.26 Å². The number of nitriles is 1. The summed E-state index contributed by atoms with van der Waals surface area (Å²) >= 11 is 0. The minimum atomic E-state index is -0.107. The second-order valence-corrected chi connectivity index (χ2v) is 3.20. The summed E-state index contributed by atoms with van der Waals surface area (Å²) in [5.41, 5.74) is 0. The molecule has 1 rings (SSSR count). The molecule has 0 aromatic carbocycles. The van der Waals surface area contributed by atoms with Crippen LogP contribution in [0.4, 0.5) is 0 Å². The van der Waals surface area contributed by atoms with E-state index in [2.05, 4.69) is 11.4 Å². The van der Waals surface area contributed by atoms with E-state index in [1.165, 1.54) is 0 Å². The molecule has 2 atom stereocenters. The SMILES string of the molecule is CC(C#N)NC(C)Cc1ccco1. The molecule has 3 nitrogen and oxygen atoms in total. The third kappa shape index (κ3) is 3.30. The predicted molar refractivity (Wildman–Crippen MR) is 50.1 cm³/mol. The molecule has 1 aromatic rings. The molecule has 0 aliphatic heterocycles. The summed E-state index contributed by atoms with van der Waals surface area (Å²) in [5.74, 6) is 0.949. The average molecular weight is 178 g/mol. The van der Waals surface area contributed by atoms with Gasteiger partial charge < -0.3 is 4.42 Å². The lowest BCUT2D eigenvalue weighted by Crippen LogP contribution is -2.34. The number of rotatable bonds is 4. The summed E-state index contributed by atoms with van der Waals surface area (Å²) in [6.45, 7) is 3.88. The highest BCUT2D eigenvalue weighted by atomic mass is 16.3. The van der Waals surface area contributed by atoms with Crippen molar-refractivity contribution < 1.29 is 4.42 Å². The summed E-state index contributed by atoms with van der Waals surface area (Å²) in [4.78, 5) is 0. The van der Waals surface area contributed by atoms with Gasteiger partial charge in [0.1, 0.15) is 5.76 Å². The number of furan rings is 1. The Hall–Kier alpha value is -1.27. The van der Waals surface area contributed by atoms with Gasteiger partial charge in [-0.05, 0) is 26.0 Å². The smallest absolute Gasteiger partial charge is 0.105 e. The maximum Gasteiger partial charge on any atom is 0.105 e. The minimum Gasteiger partial charge on any atom is -0.469 e. The van der Waals surface area contributed by atoms with Crippen molar-refractivity contribution in [2.75, 3.05) is 0 Å². The van der Waals surface area contributed by atoms with Crippen molar-refractivity contribution in [2.45, 2.75) is 32.4 Å². The Labute approximate surface area is 78.4 Å². The molecule has 0 aliphatic rings. The number of hydrogen-bond donors (Lipinski definition) is 1. The van der Waals surface area contributed by atoms with E-state index in [0.717, 1.165) is 12.2 Å². The molecule has 1 heterocycles. The lowest BCUT2D eigenvalue weighted by atomic mass is 10.2. The zero-order valence-electron chi connectivity index (χ0n) is 7.95. The molecule has 0 radical (unpaired) electrons. The van der Waals surface area contributed by atoms with Gasteiger partial charge in [0.15, 0.2) is 0 Å². The normalized spacial score (nSPS) is 14.8. The monoisotopic (exact) mass is 178 g/mol. The van der Waals surface area contributed by atoms with Crippen LogP contribution in [0.5, 0.6) is 0 Å². The first-order chi connectivity index (χ1) is 6.22. The molecule has 2 unspecified atom stereocenters. The second kappa shape index (κ2) is 4.68. The van der Waals surface area contributed by atoms with Gasteiger partial charge in [-0.25, -0.2) is 0 Å². The van der Waals surface area contributed by atoms with Crippen LogP contribution in [-0.2, 0) is 6.42 Å². The van der Waals surface area contributed by atoms with Gasteiger partial charge in [0.25, 0.3) is 0 Å². The molecule has 3 heteroatoms. The van der Waals surface area contributed by atoms with Crippen LogP contribution in [0, 0.1) is 11.3 Å². The van der Waals surface area contributed by atoms with Crippen molar-refractivity contribution in [1.29, 1.82) is 5.26 Å². The van der Waals surface area contributed by atoms with Crippen LogP contribution in [0.25, 0.3) is 0 Å². The lowest BCUT2D eigenvalue weighted by molar-refractivity contribution is 0.448. The van der Waals surface area contributed by atoms with Crippen LogP contribution in [-0.4, -0.2) is 12.1 Å². The molecule has 0 saturated carbocycles. The molecule has 0 saturated heterocycles. The summed E-state index contributed by atoms with van der Waals surface area (Å²) < 4.78 is 5.20. The molecular formula is C10H14N2O. The molecule has 1 N–H and O–H groups in total. The molecule has 0 fully saturated rings. The van der Waals surface area contributed by atoms with E-state index >= 15 is 0 Å². The van der Waals surface area contributed by atoms with E-state index in [1.807, 2.05) is 26.0 Å². The van der Waals surface area contributed by atoms with Gasteiger partial charge in [-0.3, -0.25) is 5.32 Å². The fourth-order valence-corrected chi connectivity index (χ4v) is 1.25. The topological polar surface area (TPSA) is 49.0 Å². The highest BCUT2D eigenvalue weighted by Gasteiger charge is 2.07. The molecule has 0 bridgehead atoms. The molecule has 70 valence electrons. The van der Waals surface area contributed by atoms with Gasteiger partial charge in [0, 0.05) is 12.5 Å². The Morgan fingerprint density at radius 2 is 2.38 bits per heavy atom. The van der Waals surface area contributed by atoms with Crippen LogP contribution >= 0.6 is 0 Å². The third-order valence-electron chi connectivity index (χ3n) is 1.82. The van der Waals surface area contributed by atoms with Crippen LogP contribution in [0.3, 0.4) is 0 Å². The fourth-order valence-electron chi connectivity index (χ4n) is 1.25. The Balaban J connectivity index is 2.34. The van der Waals surface area contributed by atoms with Crippen molar-refractivity contribution in [1.82, 2.24) is 5.32 Å². The number of hydrogen-bond acceptors (Lipinski definition) is 3. The lowest BCUT2D eigenvalue weighted by Gasteiger charge is -2.13. The molecule has 0 amide bonds. The van der Waals surface area contributed by atoms with Crippen LogP contribution < -0.4 is 5.32 Å². The van der Waals surface area contributed by atoms with Gasteiger partial charge in [-0.2, -0.15) is 5.26 Å². The van der Waals surface area contributed by atoms with Crippen molar-refractivity contribution in [3.05, 3.63) is 24.2 Å². The second-order valence-electron chi connectivity index (χ2n) is 3.20. The fraction of sp³-hybridized carbons (Fsp3) is 0.500. The van der Waals surface area contributed by atoms with E-state index in [9.17, 15) is 0 Å². The van der Waals surface area contributed by atoms with Crippen LogP contribution in [0.15, 0.2) is 22.8 Å². The van der Waals surface area contributed by atoms with Gasteiger partial charge in [-0.15, -0.1) is 0 Å². The van der Waals surface area contributed by atoms with E-state index < -0.39 is 0 Å². The van der Waals surface area contributed by atoms with Crippen LogP contribution in [0.2, 0.25) is 0 Å². The largest absolute Gasteiger partial charge is 0.469 e. The van der Waals surface area contributed by atoms with Crippen molar-refractivity contribution in [2.24, 2.45) is 0 Å². The molecule has 0 aliphatic carbocycles. The van der Waals surface area contributed by atoms with E-state index in [4.69, 9.17) is 9.68 Å². The van der Waals surface area contributed by atoms with Gasteiger partial charge in [-0.1, -0.05) is 0 Å². The highest BCUT2D eigenvalue weighted by molar-refractivity contribution is 5.00. The third-order valence-corrected chi connectivity index (χ3v) is 1.82. The summed E-state index contributed by atoms with van der Waals surface area (Å²) in [7, 11) is 0. The van der Waals surface area contributed by atoms with Gasteiger partial charge >= 0.3 is 0 Å². The highest BCUT2D eigenvalue weighted by Crippen LogP contribution is 2.04. The summed E-state index contributed by atoms with van der Waals surface area (Å²) in [6.07, 6.45) is 2.48.